The van der Waals surface area contributed by atoms with Crippen LogP contribution in [0.25, 0.3) is 43.2 Å². The van der Waals surface area contributed by atoms with Gasteiger partial charge in [-0.3, -0.25) is 28.8 Å². The molecule has 1 N–H and O–H groups in total. The Kier molecular flexibility index (Phi) is 9.10. The van der Waals surface area contributed by atoms with Crippen LogP contribution < -0.4 is 14.5 Å². The van der Waals surface area contributed by atoms with Gasteiger partial charge in [-0.2, -0.15) is 5.10 Å². The molecule has 15 heteroatoms. The van der Waals surface area contributed by atoms with E-state index in [4.69, 9.17) is 25.9 Å². The molecule has 6 atom stereocenters. The maximum atomic E-state index is 15.3. The Labute approximate surface area is 383 Å². The van der Waals surface area contributed by atoms with Crippen molar-refractivity contribution < 1.29 is 33.4 Å². The molecule has 11 rings (SSSR count). The predicted octanol–water partition coefficient (Wildman–Crippen LogP) is 9.83. The molecule has 0 radical (unpaired) electrons. The minimum absolute atomic E-state index is 0.0420. The second kappa shape index (κ2) is 14.3. The number of aromatic hydroxyl groups is 1. The van der Waals surface area contributed by atoms with Gasteiger partial charge in [-0.1, -0.05) is 35.4 Å². The van der Waals surface area contributed by atoms with Crippen LogP contribution in [0.5, 0.6) is 11.5 Å². The summed E-state index contributed by atoms with van der Waals surface area (Å²) in [5.74, 6) is -4.07. The summed E-state index contributed by atoms with van der Waals surface area (Å²) in [4.78, 5) is 67.7. The van der Waals surface area contributed by atoms with Crippen LogP contribution in [0.3, 0.4) is 0 Å². The number of halogens is 2. The largest absolute Gasteiger partial charge is 0.504 e. The second-order valence-corrected chi connectivity index (χ2v) is 19.6. The van der Waals surface area contributed by atoms with Gasteiger partial charge in [-0.15, -0.1) is 11.3 Å². The molecule has 3 aromatic heterocycles. The number of aromatic nitrogens is 3. The van der Waals surface area contributed by atoms with Crippen molar-refractivity contribution in [3.8, 4) is 33.5 Å². The number of oxazole rings is 1. The van der Waals surface area contributed by atoms with E-state index in [1.54, 1.807) is 59.5 Å². The van der Waals surface area contributed by atoms with Crippen LogP contribution in [0.1, 0.15) is 36.8 Å². The number of allylic oxidation sites excluding steroid dienone is 2. The smallest absolute Gasteiger partial charge is 0.242 e. The molecule has 12 nitrogen and oxygen atoms in total. The average Bonchev–Trinajstić information content (AvgIpc) is 4.06. The summed E-state index contributed by atoms with van der Waals surface area (Å²) in [7, 11) is 3.18. The third-order valence-corrected chi connectivity index (χ3v) is 16.1. The number of fused-ring (bicyclic) bond motifs is 6. The lowest BCUT2D eigenvalue weighted by Gasteiger charge is -2.49. The van der Waals surface area contributed by atoms with Crippen molar-refractivity contribution in [1.82, 2.24) is 14.8 Å². The molecule has 4 aromatic carbocycles. The van der Waals surface area contributed by atoms with Gasteiger partial charge in [0, 0.05) is 34.3 Å². The number of methoxy groups -OCH3 is 1. The van der Waals surface area contributed by atoms with Crippen LogP contribution in [0.15, 0.2) is 101 Å². The molecule has 3 fully saturated rings. The minimum atomic E-state index is -1.32. The van der Waals surface area contributed by atoms with E-state index in [0.29, 0.717) is 48.4 Å². The molecule has 2 aliphatic carbocycles. The molecule has 2 aliphatic heterocycles. The Hall–Kier alpha value is -5.84. The van der Waals surface area contributed by atoms with Crippen molar-refractivity contribution in [2.45, 2.75) is 32.6 Å². The third kappa shape index (κ3) is 5.76. The van der Waals surface area contributed by atoms with Crippen LogP contribution >= 0.6 is 45.5 Å². The number of para-hydroxylation sites is 2. The van der Waals surface area contributed by atoms with Crippen molar-refractivity contribution in [3.63, 3.8) is 0 Å². The number of carbonyl (C=O) groups is 4. The van der Waals surface area contributed by atoms with E-state index in [1.807, 2.05) is 91.0 Å². The molecule has 4 amide bonds. The molecule has 63 heavy (non-hydrogen) atoms. The Bertz CT molecular complexity index is 3160. The van der Waals surface area contributed by atoms with Gasteiger partial charge in [0.2, 0.25) is 29.5 Å². The van der Waals surface area contributed by atoms with E-state index in [-0.39, 0.29) is 36.2 Å². The van der Waals surface area contributed by atoms with E-state index >= 15 is 9.59 Å². The van der Waals surface area contributed by atoms with Gasteiger partial charge >= 0.3 is 0 Å². The van der Waals surface area contributed by atoms with Crippen LogP contribution in [0, 0.1) is 39.6 Å². The quantitative estimate of drug-likeness (QED) is 0.0977. The Balaban J connectivity index is 0.983. The number of amides is 4. The summed E-state index contributed by atoms with van der Waals surface area (Å²) in [6.07, 6.45) is 2.46. The van der Waals surface area contributed by atoms with Gasteiger partial charge < -0.3 is 14.3 Å². The maximum Gasteiger partial charge on any atom is 0.242 e. The molecule has 7 aromatic rings. The van der Waals surface area contributed by atoms with Crippen LogP contribution in [-0.2, 0) is 26.2 Å². The van der Waals surface area contributed by atoms with Crippen LogP contribution in [0.4, 0.5) is 11.5 Å². The summed E-state index contributed by atoms with van der Waals surface area (Å²) >= 11 is 9.95. The van der Waals surface area contributed by atoms with Crippen LogP contribution in [0.2, 0.25) is 5.02 Å². The van der Waals surface area contributed by atoms with Crippen molar-refractivity contribution in [1.29, 1.82) is 0 Å². The number of rotatable bonds is 6. The van der Waals surface area contributed by atoms with E-state index in [0.717, 1.165) is 31.6 Å². The number of anilines is 2. The first-order valence-electron chi connectivity index (χ1n) is 20.5. The number of benzene rings is 4. The molecule has 0 spiro atoms. The molecule has 2 saturated heterocycles. The number of hydrogen-bond acceptors (Lipinski definition) is 10. The van der Waals surface area contributed by atoms with E-state index in [2.05, 4.69) is 4.98 Å². The molecule has 5 heterocycles. The zero-order chi connectivity index (χ0) is 43.8. The van der Waals surface area contributed by atoms with Crippen LogP contribution in [-0.4, -0.2) is 50.6 Å². The van der Waals surface area contributed by atoms with Gasteiger partial charge in [0.1, 0.15) is 17.0 Å². The molecular formula is C48H37ClIN5O7S. The van der Waals surface area contributed by atoms with Gasteiger partial charge in [-0.05, 0) is 138 Å². The highest BCUT2D eigenvalue weighted by atomic mass is 127. The SMILES string of the molecule is COc1cc([C@H]2C3=CC[C@@H]4C(=O)N(c5ccc(-c6nc7ccccc7o6)cc5)C(=O)[C@@H]4[C@@H]3C[C@H]3C(=O)N(c4cc(-c5sc6ccc(Cl)cc6c5C)nn4C)C(=O)[C@@]23C)cc(I)c1O. The van der Waals surface area contributed by atoms with Crippen molar-refractivity contribution in [2.75, 3.05) is 16.9 Å². The normalized spacial score (nSPS) is 24.3. The highest BCUT2D eigenvalue weighted by Gasteiger charge is 2.68. The monoisotopic (exact) mass is 989 g/mol. The highest BCUT2D eigenvalue weighted by Crippen LogP contribution is 2.64. The van der Waals surface area contributed by atoms with Crippen molar-refractivity contribution >= 4 is 102 Å². The molecule has 1 saturated carbocycles. The van der Waals surface area contributed by atoms with Crippen molar-refractivity contribution in [2.24, 2.45) is 36.1 Å². The predicted molar refractivity (Wildman–Crippen MR) is 248 cm³/mol. The zero-order valence-corrected chi connectivity index (χ0v) is 38.0. The van der Waals surface area contributed by atoms with Gasteiger partial charge in [0.05, 0.1) is 44.4 Å². The number of nitrogens with zero attached hydrogens (tertiary/aromatic N) is 5. The van der Waals surface area contributed by atoms with E-state index in [1.165, 1.54) is 16.9 Å². The topological polar surface area (TPSA) is 148 Å². The lowest BCUT2D eigenvalue weighted by atomic mass is 9.51. The van der Waals surface area contributed by atoms with E-state index in [9.17, 15) is 14.7 Å². The van der Waals surface area contributed by atoms with E-state index < -0.39 is 46.8 Å². The number of phenolic OH excluding ortho intramolecular Hbond substituents is 1. The minimum Gasteiger partial charge on any atom is -0.504 e. The standard InChI is InChI=1S/C48H37ClIN5O7S/c1-22-29-19-25(49)11-16-37(29)63-42(22)34-21-38(53(3)52-34)55-45(58)31-20-30-27(40(48(31,2)47(55)60)24-17-32(50)41(56)36(18-24)61-4)14-15-28-39(30)46(59)54(44(28)57)26-12-9-23(10-13-26)43-51-33-7-5-6-8-35(33)62-43/h5-14,16-19,21,28,30-31,39-40,56H,15,20H2,1-4H3/t28-,30+,31-,39-,40-,48+/m0/s1. The molecular weight excluding hydrogens is 953 g/mol. The summed E-state index contributed by atoms with van der Waals surface area (Å²) in [6, 6.07) is 25.5. The fourth-order valence-corrected chi connectivity index (χ4v) is 12.7. The number of carbonyl (C=O) groups excluding carboxylic acids is 4. The summed E-state index contributed by atoms with van der Waals surface area (Å²) in [5.41, 5.74) is 4.27. The second-order valence-electron chi connectivity index (χ2n) is 17.0. The lowest BCUT2D eigenvalue weighted by Crippen LogP contribution is -2.49. The zero-order valence-electron chi connectivity index (χ0n) is 34.3. The first kappa shape index (κ1) is 40.0. The number of imide groups is 2. The number of aryl methyl sites for hydroxylation is 2. The van der Waals surface area contributed by atoms with Crippen molar-refractivity contribution in [3.05, 3.63) is 116 Å². The fourth-order valence-electron chi connectivity index (χ4n) is 10.7. The van der Waals surface area contributed by atoms with Gasteiger partial charge in [0.15, 0.2) is 17.1 Å². The lowest BCUT2D eigenvalue weighted by molar-refractivity contribution is -0.131. The summed E-state index contributed by atoms with van der Waals surface area (Å²) in [6.45, 7) is 3.84. The fraction of sp³-hybridized carbons (Fsp3) is 0.250. The summed E-state index contributed by atoms with van der Waals surface area (Å²) in [5, 5.41) is 17.4. The Morgan fingerprint density at radius 3 is 2.49 bits per heavy atom. The Morgan fingerprint density at radius 1 is 0.952 bits per heavy atom. The summed E-state index contributed by atoms with van der Waals surface area (Å²) < 4.78 is 14.7. The number of ether oxygens (including phenoxy) is 1. The molecule has 316 valence electrons. The number of phenols is 1. The van der Waals surface area contributed by atoms with Gasteiger partial charge in [0.25, 0.3) is 0 Å². The molecule has 4 aliphatic rings. The third-order valence-electron chi connectivity index (χ3n) is 13.8. The molecule has 0 bridgehead atoms. The van der Waals surface area contributed by atoms with Gasteiger partial charge in [-0.25, -0.2) is 9.88 Å². The highest BCUT2D eigenvalue weighted by molar-refractivity contribution is 14.1. The number of hydrogen-bond donors (Lipinski definition) is 1. The maximum absolute atomic E-state index is 15.3. The Morgan fingerprint density at radius 2 is 1.73 bits per heavy atom. The number of thiophene rings is 1. The average molecular weight is 990 g/mol. The molecule has 0 unspecified atom stereocenters. The first-order chi connectivity index (χ1) is 30.3. The first-order valence-corrected chi connectivity index (χ1v) is 22.8.